The summed E-state index contributed by atoms with van der Waals surface area (Å²) in [5, 5.41) is 10.1. The predicted molar refractivity (Wildman–Crippen MR) is 211 cm³/mol. The molecule has 13 heteroatoms. The molecule has 4 aliphatic rings. The number of nitrogens with one attached hydrogen (secondary N) is 3. The summed E-state index contributed by atoms with van der Waals surface area (Å²) in [5.74, 6) is -0.214. The number of alkyl carbamates (subject to hydrolysis) is 1. The first kappa shape index (κ1) is 39.6. The monoisotopic (exact) mass is 763 g/mol. The third-order valence-electron chi connectivity index (χ3n) is 10.7. The van der Waals surface area contributed by atoms with Crippen molar-refractivity contribution in [3.63, 3.8) is 0 Å². The molecule has 54 heavy (non-hydrogen) atoms. The minimum atomic E-state index is -1.12. The van der Waals surface area contributed by atoms with Crippen molar-refractivity contribution in [3.8, 4) is 11.6 Å². The van der Waals surface area contributed by atoms with Crippen LogP contribution < -0.4 is 24.8 Å². The van der Waals surface area contributed by atoms with Crippen molar-refractivity contribution in [2.24, 2.45) is 17.8 Å². The van der Waals surface area contributed by atoms with Crippen LogP contribution in [0.5, 0.6) is 11.6 Å². The Bertz CT molecular complexity index is 1810. The van der Waals surface area contributed by atoms with E-state index in [1.165, 1.54) is 4.90 Å². The summed E-state index contributed by atoms with van der Waals surface area (Å²) >= 11 is 0. The lowest BCUT2D eigenvalue weighted by molar-refractivity contribution is -0.142. The van der Waals surface area contributed by atoms with Crippen LogP contribution in [0, 0.1) is 17.8 Å². The van der Waals surface area contributed by atoms with Gasteiger partial charge in [-0.2, -0.15) is 0 Å². The van der Waals surface area contributed by atoms with E-state index in [1.54, 1.807) is 27.0 Å². The second-order valence-electron chi connectivity index (χ2n) is 16.3. The summed E-state index contributed by atoms with van der Waals surface area (Å²) in [7, 11) is -0.379. The zero-order chi connectivity index (χ0) is 38.8. The minimum Gasteiger partial charge on any atom is -0.492 e. The highest BCUT2D eigenvalue weighted by molar-refractivity contribution is 8.14. The number of benzene rings is 1. The van der Waals surface area contributed by atoms with Gasteiger partial charge in [0.1, 0.15) is 35.1 Å². The van der Waals surface area contributed by atoms with Gasteiger partial charge >= 0.3 is 6.09 Å². The maximum atomic E-state index is 14.8. The van der Waals surface area contributed by atoms with Gasteiger partial charge in [0.25, 0.3) is 5.91 Å². The molecule has 0 radical (unpaired) electrons. The Morgan fingerprint density at radius 2 is 1.85 bits per heavy atom. The maximum Gasteiger partial charge on any atom is 0.408 e. The number of rotatable bonds is 8. The number of fused-ring (bicyclic) bond motifs is 3. The Kier molecular flexibility index (Phi) is 11.9. The van der Waals surface area contributed by atoms with E-state index in [1.807, 2.05) is 50.4 Å². The largest absolute Gasteiger partial charge is 0.492 e. The Hall–Kier alpha value is -4.13. The molecule has 3 heterocycles. The molecule has 3 fully saturated rings. The molecule has 1 aromatic heterocycles. The van der Waals surface area contributed by atoms with E-state index in [9.17, 15) is 19.2 Å². The van der Waals surface area contributed by atoms with Gasteiger partial charge in [-0.15, -0.1) is 0 Å². The molecule has 2 aliphatic heterocycles. The average molecular weight is 764 g/mol. The summed E-state index contributed by atoms with van der Waals surface area (Å²) in [5.41, 5.74) is -1.90. The molecule has 1 saturated heterocycles. The van der Waals surface area contributed by atoms with E-state index >= 15 is 0 Å². The average Bonchev–Trinajstić information content (AvgIpc) is 4.04. The topological polar surface area (TPSA) is 148 Å². The smallest absolute Gasteiger partial charge is 0.408 e. The zero-order valence-electron chi connectivity index (χ0n) is 32.7. The Morgan fingerprint density at radius 1 is 1.11 bits per heavy atom. The quantitative estimate of drug-likeness (QED) is 0.218. The standard InChI is InChI=1S/C41H57N5O7S/c1-8-51-33-23-42-36(31-17-13-12-16-30(31)33)52-28-21-32-35(47)44-41(38(49)45-54(9-2)29-18-19-29)22-27(41)15-11-10-14-25(3)20-26(4)34(37(48)46(32)24-28)43-39(50)53-40(5,6)7/h9,11-13,15-17,23,25-29,32,34H,8,10,14,18-22,24H2,1-7H3,(H,43,50)(H,44,47)(H,45,49)/b15-11-/t25-,26+,27+,28+,32-,34-,41+,54?/m0/s1. The van der Waals surface area contributed by atoms with E-state index in [4.69, 9.17) is 14.2 Å². The SMILES string of the molecule is C/C=S(/NC(=O)[C@@]12C[C@H]1/C=C\CC[C@H](C)C[C@@H](C)[C@H](NC(=O)OC(C)(C)C)C(=O)N1C[C@H](Oc3ncc(OCC)c4ccccc34)C[C@H]1C(=O)N2)C1CC1. The fourth-order valence-corrected chi connectivity index (χ4v) is 9.48. The number of amides is 4. The molecule has 0 spiro atoms. The van der Waals surface area contributed by atoms with Crippen molar-refractivity contribution < 1.29 is 33.4 Å². The van der Waals surface area contributed by atoms with Crippen LogP contribution in [0.15, 0.2) is 42.6 Å². The number of carbonyl (C=O) groups is 4. The van der Waals surface area contributed by atoms with Gasteiger partial charge in [-0.1, -0.05) is 54.9 Å². The first-order valence-corrected chi connectivity index (χ1v) is 20.9. The van der Waals surface area contributed by atoms with Crippen LogP contribution in [0.4, 0.5) is 4.79 Å². The van der Waals surface area contributed by atoms with Gasteiger partial charge in [-0.3, -0.25) is 14.4 Å². The molecule has 6 rings (SSSR count). The molecule has 2 saturated carbocycles. The Balaban J connectivity index is 1.34. The zero-order valence-corrected chi connectivity index (χ0v) is 33.5. The number of allylic oxidation sites excluding steroid dienone is 1. The second-order valence-corrected chi connectivity index (χ2v) is 18.4. The summed E-state index contributed by atoms with van der Waals surface area (Å²) in [6, 6.07) is 5.73. The number of hydrogen-bond acceptors (Lipinski definition) is 8. The van der Waals surface area contributed by atoms with E-state index < -0.39 is 47.2 Å². The lowest BCUT2D eigenvalue weighted by atomic mass is 9.88. The molecule has 1 aromatic carbocycles. The molecule has 8 atom stereocenters. The third-order valence-corrected chi connectivity index (χ3v) is 12.9. The van der Waals surface area contributed by atoms with Gasteiger partial charge in [-0.25, -0.2) is 9.78 Å². The number of carbonyl (C=O) groups excluding carboxylic acids is 4. The highest BCUT2D eigenvalue weighted by atomic mass is 32.2. The summed E-state index contributed by atoms with van der Waals surface area (Å²) in [6.45, 7) is 13.9. The summed E-state index contributed by atoms with van der Waals surface area (Å²) in [4.78, 5) is 62.8. The van der Waals surface area contributed by atoms with Gasteiger partial charge < -0.3 is 34.5 Å². The molecule has 1 unspecified atom stereocenters. The molecule has 2 aliphatic carbocycles. The van der Waals surface area contributed by atoms with Crippen molar-refractivity contribution in [1.29, 1.82) is 0 Å². The first-order chi connectivity index (χ1) is 25.7. The van der Waals surface area contributed by atoms with Crippen LogP contribution >= 0.6 is 10.7 Å². The fraction of sp³-hybridized carbons (Fsp3) is 0.610. The van der Waals surface area contributed by atoms with Gasteiger partial charge in [0.05, 0.1) is 19.3 Å². The molecule has 0 bridgehead atoms. The van der Waals surface area contributed by atoms with Crippen molar-refractivity contribution in [1.82, 2.24) is 25.2 Å². The van der Waals surface area contributed by atoms with Crippen molar-refractivity contribution in [3.05, 3.63) is 42.6 Å². The van der Waals surface area contributed by atoms with Gasteiger partial charge in [-0.05, 0) is 96.4 Å². The van der Waals surface area contributed by atoms with E-state index in [-0.39, 0.29) is 47.3 Å². The number of pyridine rings is 1. The number of ether oxygens (including phenoxy) is 3. The molecular formula is C41H57N5O7S. The van der Waals surface area contributed by atoms with Crippen LogP contribution in [-0.4, -0.2) is 86.8 Å². The normalized spacial score (nSPS) is 30.2. The van der Waals surface area contributed by atoms with Crippen LogP contribution in [-0.2, 0) is 19.1 Å². The van der Waals surface area contributed by atoms with E-state index in [0.29, 0.717) is 36.3 Å². The Labute approximate surface area is 321 Å². The summed E-state index contributed by atoms with van der Waals surface area (Å²) < 4.78 is 21.2. The highest BCUT2D eigenvalue weighted by Gasteiger charge is 2.61. The van der Waals surface area contributed by atoms with Crippen molar-refractivity contribution >= 4 is 50.6 Å². The molecule has 12 nitrogen and oxygen atoms in total. The van der Waals surface area contributed by atoms with Gasteiger partial charge in [0, 0.05) is 28.4 Å². The molecule has 294 valence electrons. The number of hydrogen-bond donors (Lipinski definition) is 3. The van der Waals surface area contributed by atoms with Gasteiger partial charge in [0.15, 0.2) is 0 Å². The second kappa shape index (κ2) is 16.3. The van der Waals surface area contributed by atoms with Crippen molar-refractivity contribution in [2.75, 3.05) is 13.2 Å². The predicted octanol–water partition coefficient (Wildman–Crippen LogP) is 6.05. The van der Waals surface area contributed by atoms with Crippen LogP contribution in [0.25, 0.3) is 10.8 Å². The fourth-order valence-electron chi connectivity index (χ4n) is 7.77. The summed E-state index contributed by atoms with van der Waals surface area (Å²) in [6.07, 6.45) is 9.62. The number of aromatic nitrogens is 1. The first-order valence-electron chi connectivity index (χ1n) is 19.5. The lowest BCUT2D eigenvalue weighted by Crippen LogP contribution is -2.58. The third kappa shape index (κ3) is 9.04. The number of nitrogens with zero attached hydrogens (tertiary/aromatic N) is 2. The van der Waals surface area contributed by atoms with Crippen molar-refractivity contribution in [2.45, 2.75) is 128 Å². The minimum absolute atomic E-state index is 0.0768. The highest BCUT2D eigenvalue weighted by Crippen LogP contribution is 2.47. The van der Waals surface area contributed by atoms with Gasteiger partial charge in [0.2, 0.25) is 17.7 Å². The van der Waals surface area contributed by atoms with E-state index in [0.717, 1.165) is 36.5 Å². The lowest BCUT2D eigenvalue weighted by Gasteiger charge is -2.33. The Morgan fingerprint density at radius 3 is 2.54 bits per heavy atom. The molecule has 2 aromatic rings. The van der Waals surface area contributed by atoms with Crippen LogP contribution in [0.3, 0.4) is 0 Å². The maximum absolute atomic E-state index is 14.8. The van der Waals surface area contributed by atoms with E-state index in [2.05, 4.69) is 39.4 Å². The van der Waals surface area contributed by atoms with Crippen LogP contribution in [0.1, 0.15) is 93.4 Å². The molecule has 3 N–H and O–H groups in total. The molecule has 4 amide bonds. The van der Waals surface area contributed by atoms with Crippen LogP contribution in [0.2, 0.25) is 0 Å². The molecular weight excluding hydrogens is 707 g/mol.